The van der Waals surface area contributed by atoms with Gasteiger partial charge in [-0.3, -0.25) is 0 Å². The summed E-state index contributed by atoms with van der Waals surface area (Å²) >= 11 is 0. The van der Waals surface area contributed by atoms with Crippen molar-refractivity contribution in [1.29, 1.82) is 0 Å². The SMILES string of the molecule is C=CCNc1nc(C)nc2c1CNCC2. The van der Waals surface area contributed by atoms with E-state index < -0.39 is 0 Å². The monoisotopic (exact) mass is 204 g/mol. The Bertz CT molecular complexity index is 373. The minimum Gasteiger partial charge on any atom is -0.366 e. The normalized spacial score (nSPS) is 14.5. The van der Waals surface area contributed by atoms with Crippen LogP contribution in [0.5, 0.6) is 0 Å². The van der Waals surface area contributed by atoms with E-state index in [0.29, 0.717) is 0 Å². The number of anilines is 1. The van der Waals surface area contributed by atoms with Crippen LogP contribution in [0.25, 0.3) is 0 Å². The summed E-state index contributed by atoms with van der Waals surface area (Å²) in [4.78, 5) is 8.88. The highest BCUT2D eigenvalue weighted by molar-refractivity contribution is 5.48. The smallest absolute Gasteiger partial charge is 0.134 e. The van der Waals surface area contributed by atoms with Crippen molar-refractivity contribution < 1.29 is 0 Å². The molecule has 0 spiro atoms. The van der Waals surface area contributed by atoms with Gasteiger partial charge in [-0.2, -0.15) is 0 Å². The van der Waals surface area contributed by atoms with Gasteiger partial charge in [-0.25, -0.2) is 9.97 Å². The maximum atomic E-state index is 4.47. The van der Waals surface area contributed by atoms with Gasteiger partial charge in [0.1, 0.15) is 11.6 Å². The minimum atomic E-state index is 0.739. The number of hydrogen-bond donors (Lipinski definition) is 2. The first kappa shape index (κ1) is 10.1. The summed E-state index contributed by atoms with van der Waals surface area (Å²) in [6.07, 6.45) is 2.82. The second-order valence-electron chi connectivity index (χ2n) is 3.64. The van der Waals surface area contributed by atoms with Crippen LogP contribution in [0, 0.1) is 6.92 Å². The Morgan fingerprint density at radius 3 is 3.20 bits per heavy atom. The first-order valence-electron chi connectivity index (χ1n) is 5.23. The summed E-state index contributed by atoms with van der Waals surface area (Å²) < 4.78 is 0. The second-order valence-corrected chi connectivity index (χ2v) is 3.64. The van der Waals surface area contributed by atoms with Crippen LogP contribution in [-0.4, -0.2) is 23.1 Å². The van der Waals surface area contributed by atoms with Crippen molar-refractivity contribution >= 4 is 5.82 Å². The van der Waals surface area contributed by atoms with Crippen LogP contribution < -0.4 is 10.6 Å². The van der Waals surface area contributed by atoms with Crippen LogP contribution in [0.4, 0.5) is 5.82 Å². The molecule has 1 aliphatic heterocycles. The summed E-state index contributed by atoms with van der Waals surface area (Å²) in [6.45, 7) is 8.22. The lowest BCUT2D eigenvalue weighted by molar-refractivity contribution is 0.624. The average Bonchev–Trinajstić information content (AvgIpc) is 2.25. The Morgan fingerprint density at radius 2 is 2.40 bits per heavy atom. The van der Waals surface area contributed by atoms with Gasteiger partial charge in [0.25, 0.3) is 0 Å². The molecule has 0 bridgehead atoms. The first-order valence-corrected chi connectivity index (χ1v) is 5.23. The lowest BCUT2D eigenvalue weighted by Crippen LogP contribution is -2.26. The fourth-order valence-corrected chi connectivity index (χ4v) is 1.78. The number of nitrogens with zero attached hydrogens (tertiary/aromatic N) is 2. The van der Waals surface area contributed by atoms with Gasteiger partial charge in [0.2, 0.25) is 0 Å². The lowest BCUT2D eigenvalue weighted by Gasteiger charge is -2.19. The molecule has 0 aliphatic carbocycles. The third kappa shape index (κ3) is 2.15. The zero-order valence-electron chi connectivity index (χ0n) is 9.01. The molecule has 1 aromatic rings. The van der Waals surface area contributed by atoms with Gasteiger partial charge in [0.05, 0.1) is 5.69 Å². The van der Waals surface area contributed by atoms with Crippen molar-refractivity contribution in [3.05, 3.63) is 29.7 Å². The molecule has 0 radical (unpaired) electrons. The molecule has 80 valence electrons. The van der Waals surface area contributed by atoms with Gasteiger partial charge in [-0.05, 0) is 6.92 Å². The van der Waals surface area contributed by atoms with Crippen molar-refractivity contribution in [2.24, 2.45) is 0 Å². The second kappa shape index (κ2) is 4.40. The van der Waals surface area contributed by atoms with E-state index in [2.05, 4.69) is 27.2 Å². The van der Waals surface area contributed by atoms with Gasteiger partial charge in [-0.1, -0.05) is 6.08 Å². The summed E-state index contributed by atoms with van der Waals surface area (Å²) in [5.74, 6) is 1.78. The third-order valence-electron chi connectivity index (χ3n) is 2.46. The maximum absolute atomic E-state index is 4.47. The molecule has 0 atom stereocenters. The van der Waals surface area contributed by atoms with Crippen molar-refractivity contribution in [2.75, 3.05) is 18.4 Å². The zero-order valence-corrected chi connectivity index (χ0v) is 9.01. The predicted molar refractivity (Wildman–Crippen MR) is 60.9 cm³/mol. The first-order chi connectivity index (χ1) is 7.31. The highest BCUT2D eigenvalue weighted by Crippen LogP contribution is 2.19. The van der Waals surface area contributed by atoms with Crippen LogP contribution in [0.1, 0.15) is 17.1 Å². The molecule has 0 aromatic carbocycles. The molecule has 4 nitrogen and oxygen atoms in total. The third-order valence-corrected chi connectivity index (χ3v) is 2.46. The van der Waals surface area contributed by atoms with Gasteiger partial charge in [-0.15, -0.1) is 6.58 Å². The van der Waals surface area contributed by atoms with Crippen LogP contribution in [0.15, 0.2) is 12.7 Å². The highest BCUT2D eigenvalue weighted by Gasteiger charge is 2.15. The Hall–Kier alpha value is -1.42. The number of rotatable bonds is 3. The molecule has 0 amide bonds. The molecule has 0 saturated heterocycles. The fraction of sp³-hybridized carbons (Fsp3) is 0.455. The van der Waals surface area contributed by atoms with Crippen molar-refractivity contribution in [1.82, 2.24) is 15.3 Å². The van der Waals surface area contributed by atoms with Gasteiger partial charge in [0.15, 0.2) is 0 Å². The van der Waals surface area contributed by atoms with Crippen LogP contribution in [-0.2, 0) is 13.0 Å². The molecule has 15 heavy (non-hydrogen) atoms. The molecule has 2 rings (SSSR count). The molecule has 0 saturated carbocycles. The van der Waals surface area contributed by atoms with Crippen LogP contribution >= 0.6 is 0 Å². The maximum Gasteiger partial charge on any atom is 0.134 e. The highest BCUT2D eigenvalue weighted by atomic mass is 15.0. The van der Waals surface area contributed by atoms with Gasteiger partial charge < -0.3 is 10.6 Å². The number of aryl methyl sites for hydroxylation is 1. The molecule has 0 unspecified atom stereocenters. The van der Waals surface area contributed by atoms with E-state index in [4.69, 9.17) is 0 Å². The van der Waals surface area contributed by atoms with Crippen LogP contribution in [0.2, 0.25) is 0 Å². The number of nitrogens with one attached hydrogen (secondary N) is 2. The molecule has 0 fully saturated rings. The van der Waals surface area contributed by atoms with E-state index in [1.54, 1.807) is 0 Å². The Labute approximate surface area is 89.8 Å². The van der Waals surface area contributed by atoms with Crippen molar-refractivity contribution in [2.45, 2.75) is 19.9 Å². The van der Waals surface area contributed by atoms with E-state index in [0.717, 1.165) is 37.7 Å². The van der Waals surface area contributed by atoms with E-state index >= 15 is 0 Å². The zero-order chi connectivity index (χ0) is 10.7. The number of fused-ring (bicyclic) bond motifs is 1. The lowest BCUT2D eigenvalue weighted by atomic mass is 10.1. The molecule has 2 N–H and O–H groups in total. The van der Waals surface area contributed by atoms with Crippen molar-refractivity contribution in [3.63, 3.8) is 0 Å². The Morgan fingerprint density at radius 1 is 1.53 bits per heavy atom. The van der Waals surface area contributed by atoms with Gasteiger partial charge in [0, 0.05) is 31.6 Å². The predicted octanol–water partition coefficient (Wildman–Crippen LogP) is 1.03. The number of hydrogen-bond acceptors (Lipinski definition) is 4. The summed E-state index contributed by atoms with van der Waals surface area (Å²) in [5.41, 5.74) is 2.38. The summed E-state index contributed by atoms with van der Waals surface area (Å²) in [5, 5.41) is 6.59. The van der Waals surface area contributed by atoms with E-state index in [-0.39, 0.29) is 0 Å². The van der Waals surface area contributed by atoms with E-state index in [1.165, 1.54) is 11.3 Å². The molecule has 1 aromatic heterocycles. The average molecular weight is 204 g/mol. The molecule has 4 heteroatoms. The Kier molecular flexibility index (Phi) is 2.97. The van der Waals surface area contributed by atoms with E-state index in [9.17, 15) is 0 Å². The molecular formula is C11H16N4. The summed E-state index contributed by atoms with van der Waals surface area (Å²) in [7, 11) is 0. The fourth-order valence-electron chi connectivity index (χ4n) is 1.78. The quantitative estimate of drug-likeness (QED) is 0.722. The standard InChI is InChI=1S/C11H16N4/c1-3-5-13-11-9-7-12-6-4-10(9)14-8(2)15-11/h3,12H,1,4-7H2,2H3,(H,13,14,15). The van der Waals surface area contributed by atoms with E-state index in [1.807, 2.05) is 13.0 Å². The van der Waals surface area contributed by atoms with Crippen LogP contribution in [0.3, 0.4) is 0 Å². The number of aromatic nitrogens is 2. The summed E-state index contributed by atoms with van der Waals surface area (Å²) in [6, 6.07) is 0. The van der Waals surface area contributed by atoms with Crippen molar-refractivity contribution in [3.8, 4) is 0 Å². The Balaban J connectivity index is 2.34. The molecule has 1 aliphatic rings. The molecular weight excluding hydrogens is 188 g/mol. The van der Waals surface area contributed by atoms with Gasteiger partial charge >= 0.3 is 0 Å². The topological polar surface area (TPSA) is 49.8 Å². The molecule has 2 heterocycles. The largest absolute Gasteiger partial charge is 0.366 e. The minimum absolute atomic E-state index is 0.739.